The van der Waals surface area contributed by atoms with Gasteiger partial charge in [0.25, 0.3) is 28.9 Å². The van der Waals surface area contributed by atoms with Crippen LogP contribution in [-0.2, 0) is 31.1 Å². The van der Waals surface area contributed by atoms with Crippen LogP contribution in [0.1, 0.15) is 24.3 Å². The highest BCUT2D eigenvalue weighted by Crippen LogP contribution is 2.41. The van der Waals surface area contributed by atoms with E-state index in [0.717, 1.165) is 27.4 Å². The van der Waals surface area contributed by atoms with Gasteiger partial charge in [-0.25, -0.2) is 19.1 Å². The molecular formula is C24H27N10O7S3+. The largest absolute Gasteiger partial charge is 0.478 e. The van der Waals surface area contributed by atoms with Crippen LogP contribution in [0.25, 0.3) is 5.65 Å². The summed E-state index contributed by atoms with van der Waals surface area (Å²) in [4.78, 5) is 65.1. The number of aryl methyl sites for hydroxylation is 2. The van der Waals surface area contributed by atoms with Gasteiger partial charge in [0, 0.05) is 22.8 Å². The van der Waals surface area contributed by atoms with E-state index in [1.807, 2.05) is 14.0 Å². The maximum absolute atomic E-state index is 13.3. The Morgan fingerprint density at radius 1 is 1.32 bits per heavy atom. The molecule has 1 saturated heterocycles. The van der Waals surface area contributed by atoms with Crippen molar-refractivity contribution in [1.82, 2.24) is 29.8 Å². The number of nitrogens with one attached hydrogen (secondary N) is 1. The Kier molecular flexibility index (Phi) is 8.16. The summed E-state index contributed by atoms with van der Waals surface area (Å²) in [6.45, 7) is 4.32. The van der Waals surface area contributed by atoms with Crippen molar-refractivity contribution in [2.24, 2.45) is 12.2 Å². The van der Waals surface area contributed by atoms with Gasteiger partial charge in [0.1, 0.15) is 22.9 Å². The first-order valence-corrected chi connectivity index (χ1v) is 15.6. The molecule has 2 aliphatic heterocycles. The Hall–Kier alpha value is -4.43. The number of nitrogen functional groups attached to an aromatic ring is 2. The smallest absolute Gasteiger partial charge is 0.352 e. The van der Waals surface area contributed by atoms with Crippen LogP contribution in [0.5, 0.6) is 0 Å². The minimum atomic E-state index is -1.76. The number of carboxylic acid groups (broad SMARTS) is 2. The number of hydrogen-bond acceptors (Lipinski definition) is 14. The van der Waals surface area contributed by atoms with Gasteiger partial charge >= 0.3 is 11.9 Å². The zero-order chi connectivity index (χ0) is 32.1. The summed E-state index contributed by atoms with van der Waals surface area (Å²) in [7, 11) is 1.82. The normalized spacial score (nSPS) is 18.7. The number of aromatic nitrogens is 5. The van der Waals surface area contributed by atoms with E-state index in [0.29, 0.717) is 16.5 Å². The predicted octanol–water partition coefficient (Wildman–Crippen LogP) is -0.402. The number of β-lactam (4-membered cyclic amide) rings is 1. The molecule has 0 bridgehead atoms. The molecule has 5 rings (SSSR count). The van der Waals surface area contributed by atoms with Gasteiger partial charge in [-0.05, 0) is 30.9 Å². The van der Waals surface area contributed by atoms with E-state index in [1.165, 1.54) is 43.6 Å². The number of oxime groups is 1. The average Bonchev–Trinajstić information content (AvgIpc) is 3.57. The molecule has 1 fully saturated rings. The lowest BCUT2D eigenvalue weighted by Gasteiger charge is -2.49. The highest BCUT2D eigenvalue weighted by Gasteiger charge is 2.54. The number of anilines is 2. The number of rotatable bonds is 10. The van der Waals surface area contributed by atoms with Gasteiger partial charge in [0.15, 0.2) is 10.8 Å². The summed E-state index contributed by atoms with van der Waals surface area (Å²) in [6, 6.07) is -1.08. The van der Waals surface area contributed by atoms with Crippen LogP contribution >= 0.6 is 34.9 Å². The van der Waals surface area contributed by atoms with E-state index in [4.69, 9.17) is 16.3 Å². The topological polar surface area (TPSA) is 245 Å². The third-order valence-corrected chi connectivity index (χ3v) is 9.94. The number of carbonyl (C=O) groups excluding carboxylic acids is 2. The Balaban J connectivity index is 1.35. The molecule has 5 heterocycles. The molecule has 0 aliphatic carbocycles. The monoisotopic (exact) mass is 663 g/mol. The second-order valence-electron chi connectivity index (χ2n) is 10.2. The van der Waals surface area contributed by atoms with Crippen molar-refractivity contribution in [2.75, 3.05) is 23.0 Å². The van der Waals surface area contributed by atoms with Crippen molar-refractivity contribution >= 4 is 80.9 Å². The SMILES string of the molecule is Cc1c(N)nc(SCC2=C(C(=O)O)N3C(=O)C(NC(=O)/C(=N\OC(C)(C)C(=O)O)c4cnc(N)s4)C3SC2)n2nc[n+](C)c12. The third-order valence-electron chi connectivity index (χ3n) is 6.76. The number of nitrogens with two attached hydrogens (primary N) is 2. The van der Waals surface area contributed by atoms with Crippen LogP contribution in [0.3, 0.4) is 0 Å². The highest BCUT2D eigenvalue weighted by molar-refractivity contribution is 8.01. The van der Waals surface area contributed by atoms with Gasteiger partial charge in [-0.2, -0.15) is 4.98 Å². The van der Waals surface area contributed by atoms with Gasteiger partial charge in [-0.15, -0.1) is 11.8 Å². The van der Waals surface area contributed by atoms with Gasteiger partial charge in [0.2, 0.25) is 5.60 Å². The number of carbonyl (C=O) groups is 4. The van der Waals surface area contributed by atoms with Crippen molar-refractivity contribution in [3.05, 3.63) is 34.2 Å². The Labute approximate surface area is 261 Å². The van der Waals surface area contributed by atoms with Gasteiger partial charge in [-0.1, -0.05) is 28.3 Å². The number of nitrogens with zero attached hydrogens (tertiary/aromatic N) is 7. The summed E-state index contributed by atoms with van der Waals surface area (Å²) in [5, 5.41) is 30.0. The van der Waals surface area contributed by atoms with E-state index < -0.39 is 40.8 Å². The van der Waals surface area contributed by atoms with Gasteiger partial charge < -0.3 is 31.8 Å². The molecule has 2 amide bonds. The molecule has 3 aromatic rings. The third kappa shape index (κ3) is 5.50. The quantitative estimate of drug-likeness (QED) is 0.0463. The van der Waals surface area contributed by atoms with Crippen LogP contribution in [0.2, 0.25) is 0 Å². The maximum atomic E-state index is 13.3. The van der Waals surface area contributed by atoms with Crippen LogP contribution in [0, 0.1) is 6.92 Å². The molecule has 0 saturated carbocycles. The molecule has 0 aromatic carbocycles. The fourth-order valence-electron chi connectivity index (χ4n) is 4.34. The second-order valence-corrected chi connectivity index (χ2v) is 13.3. The van der Waals surface area contributed by atoms with Crippen molar-refractivity contribution in [2.45, 2.75) is 42.9 Å². The number of aliphatic carboxylic acids is 2. The molecule has 3 aromatic heterocycles. The van der Waals surface area contributed by atoms with Crippen molar-refractivity contribution < 1.29 is 38.8 Å². The van der Waals surface area contributed by atoms with Crippen molar-refractivity contribution in [1.29, 1.82) is 0 Å². The average molecular weight is 664 g/mol. The minimum Gasteiger partial charge on any atom is -0.478 e. The van der Waals surface area contributed by atoms with Crippen LogP contribution < -0.4 is 21.4 Å². The molecule has 2 unspecified atom stereocenters. The molecule has 0 spiro atoms. The van der Waals surface area contributed by atoms with E-state index >= 15 is 0 Å². The van der Waals surface area contributed by atoms with Crippen molar-refractivity contribution in [3.8, 4) is 0 Å². The minimum absolute atomic E-state index is 0.124. The standard InChI is InChI=1S/C24H26N10O7S3/c1-9-15(25)30-23(34-17(9)32(4)8-28-34)43-7-10-6-42-19-13(18(36)33(19)14(10)20(37)38)29-16(35)12(11-5-27-22(26)44-11)31-41-24(2,3)21(39)40/h5,8,13,19,25H,6-7H2,1-4H3,(H5,26,27,29,31,35,37,38,39,40)/p+1. The number of thiazole rings is 1. The summed E-state index contributed by atoms with van der Waals surface area (Å²) in [5.74, 6) is -3.33. The van der Waals surface area contributed by atoms with Gasteiger partial charge in [-0.3, -0.25) is 14.5 Å². The molecular weight excluding hydrogens is 637 g/mol. The van der Waals surface area contributed by atoms with Crippen LogP contribution in [-0.4, -0.2) is 92.7 Å². The van der Waals surface area contributed by atoms with E-state index in [2.05, 4.69) is 25.5 Å². The predicted molar refractivity (Wildman–Crippen MR) is 160 cm³/mol. The number of thioether (sulfide) groups is 2. The number of amides is 2. The number of fused-ring (bicyclic) bond motifs is 2. The zero-order valence-electron chi connectivity index (χ0n) is 23.7. The maximum Gasteiger partial charge on any atom is 0.352 e. The van der Waals surface area contributed by atoms with Crippen molar-refractivity contribution in [3.63, 3.8) is 0 Å². The molecule has 232 valence electrons. The number of hydrogen-bond donors (Lipinski definition) is 5. The lowest BCUT2D eigenvalue weighted by Crippen LogP contribution is -2.71. The summed E-state index contributed by atoms with van der Waals surface area (Å²) in [6.07, 6.45) is 2.88. The van der Waals surface area contributed by atoms with E-state index in [1.54, 1.807) is 15.4 Å². The zero-order valence-corrected chi connectivity index (χ0v) is 26.1. The Morgan fingerprint density at radius 2 is 2.05 bits per heavy atom. The van der Waals surface area contributed by atoms with E-state index in [9.17, 15) is 29.4 Å². The first kappa shape index (κ1) is 31.0. The molecule has 20 heteroatoms. The first-order chi connectivity index (χ1) is 20.7. The summed E-state index contributed by atoms with van der Waals surface area (Å²) >= 11 is 3.43. The van der Waals surface area contributed by atoms with Gasteiger partial charge in [0.05, 0.1) is 17.5 Å². The van der Waals surface area contributed by atoms with Crippen LogP contribution in [0.4, 0.5) is 10.9 Å². The fraction of sp³-hybridized carbons (Fsp3) is 0.375. The van der Waals surface area contributed by atoms with Crippen LogP contribution in [0.15, 0.2) is 34.1 Å². The molecule has 2 aliphatic rings. The number of carboxylic acids is 2. The highest BCUT2D eigenvalue weighted by atomic mass is 32.2. The Morgan fingerprint density at radius 3 is 2.68 bits per heavy atom. The lowest BCUT2D eigenvalue weighted by atomic mass is 10.0. The van der Waals surface area contributed by atoms with E-state index in [-0.39, 0.29) is 32.9 Å². The molecule has 2 atom stereocenters. The summed E-state index contributed by atoms with van der Waals surface area (Å²) in [5.41, 5.74) is 11.5. The Bertz CT molecular complexity index is 1780. The first-order valence-electron chi connectivity index (χ1n) is 12.8. The molecule has 17 nitrogen and oxygen atoms in total. The molecule has 44 heavy (non-hydrogen) atoms. The molecule has 7 N–H and O–H groups in total. The summed E-state index contributed by atoms with van der Waals surface area (Å²) < 4.78 is 3.42. The molecule has 0 radical (unpaired) electrons. The lowest BCUT2D eigenvalue weighted by molar-refractivity contribution is -0.646. The second kappa shape index (κ2) is 11.6. The fourth-order valence-corrected chi connectivity index (χ4v) is 7.44.